The molecule has 1 heterocycles. The summed E-state index contributed by atoms with van der Waals surface area (Å²) in [5, 5.41) is 0. The molecule has 1 unspecified atom stereocenters. The highest BCUT2D eigenvalue weighted by atomic mass is 35.5. The van der Waals surface area contributed by atoms with Gasteiger partial charge in [-0.05, 0) is 19.8 Å². The van der Waals surface area contributed by atoms with Gasteiger partial charge in [-0.25, -0.2) is 4.79 Å². The van der Waals surface area contributed by atoms with Crippen LogP contribution in [0.25, 0.3) is 0 Å². The minimum absolute atomic E-state index is 0. The van der Waals surface area contributed by atoms with Gasteiger partial charge in [0, 0.05) is 32.6 Å². The number of nitrogens with two attached hydrogens (primary N) is 1. The minimum Gasteiger partial charge on any atom is -0.466 e. The summed E-state index contributed by atoms with van der Waals surface area (Å²) in [6.45, 7) is 6.22. The number of unbranched alkanes of at least 4 members (excludes halogenated alkanes) is 1. The van der Waals surface area contributed by atoms with Crippen molar-refractivity contribution in [2.24, 2.45) is 5.73 Å². The van der Waals surface area contributed by atoms with Gasteiger partial charge in [-0.1, -0.05) is 13.3 Å². The molecule has 0 saturated carbocycles. The summed E-state index contributed by atoms with van der Waals surface area (Å²) >= 11 is 0. The summed E-state index contributed by atoms with van der Waals surface area (Å²) in [7, 11) is 0. The summed E-state index contributed by atoms with van der Waals surface area (Å²) in [6, 6.07) is -0.725. The van der Waals surface area contributed by atoms with E-state index < -0.39 is 6.04 Å². The molecule has 146 valence electrons. The van der Waals surface area contributed by atoms with Gasteiger partial charge in [0.25, 0.3) is 0 Å². The van der Waals surface area contributed by atoms with Crippen molar-refractivity contribution in [3.8, 4) is 0 Å². The summed E-state index contributed by atoms with van der Waals surface area (Å²) in [5.74, 6) is -0.543. The minimum atomic E-state index is -0.725. The third kappa shape index (κ3) is 8.40. The van der Waals surface area contributed by atoms with Crippen molar-refractivity contribution in [1.82, 2.24) is 9.80 Å². The zero-order valence-electron chi connectivity index (χ0n) is 15.1. The zero-order valence-corrected chi connectivity index (χ0v) is 15.9. The first kappa shape index (κ1) is 23.5. The molecule has 2 N–H and O–H groups in total. The molecule has 1 fully saturated rings. The SMILES string of the molecule is CCCCOC(=O)N1CCN(C(=O)C(N)CCC(=O)OCC)CC1.Cl. The van der Waals surface area contributed by atoms with Crippen molar-refractivity contribution in [1.29, 1.82) is 0 Å². The molecule has 0 bridgehead atoms. The van der Waals surface area contributed by atoms with E-state index in [9.17, 15) is 14.4 Å². The van der Waals surface area contributed by atoms with Crippen molar-refractivity contribution >= 4 is 30.4 Å². The molecule has 1 aliphatic rings. The highest BCUT2D eigenvalue weighted by Crippen LogP contribution is 2.08. The van der Waals surface area contributed by atoms with E-state index in [4.69, 9.17) is 15.2 Å². The van der Waals surface area contributed by atoms with Crippen LogP contribution in [0.3, 0.4) is 0 Å². The molecule has 0 aromatic rings. The second-order valence-electron chi connectivity index (χ2n) is 5.73. The van der Waals surface area contributed by atoms with Crippen LogP contribution < -0.4 is 5.73 Å². The first-order valence-corrected chi connectivity index (χ1v) is 8.61. The normalized spacial score (nSPS) is 15.2. The third-order valence-electron chi connectivity index (χ3n) is 3.85. The number of ether oxygens (including phenoxy) is 2. The molecule has 25 heavy (non-hydrogen) atoms. The summed E-state index contributed by atoms with van der Waals surface area (Å²) in [5.41, 5.74) is 5.86. The third-order valence-corrected chi connectivity index (χ3v) is 3.85. The predicted molar refractivity (Wildman–Crippen MR) is 95.5 cm³/mol. The fourth-order valence-corrected chi connectivity index (χ4v) is 2.37. The van der Waals surface area contributed by atoms with Crippen LogP contribution in [0.15, 0.2) is 0 Å². The Morgan fingerprint density at radius 3 is 2.20 bits per heavy atom. The molecule has 0 aromatic carbocycles. The second kappa shape index (κ2) is 12.8. The fraction of sp³-hybridized carbons (Fsp3) is 0.812. The highest BCUT2D eigenvalue weighted by Gasteiger charge is 2.28. The van der Waals surface area contributed by atoms with E-state index in [0.717, 1.165) is 12.8 Å². The smallest absolute Gasteiger partial charge is 0.409 e. The Balaban J connectivity index is 0.00000576. The van der Waals surface area contributed by atoms with E-state index in [-0.39, 0.29) is 43.2 Å². The average molecular weight is 380 g/mol. The van der Waals surface area contributed by atoms with Crippen LogP contribution in [0.2, 0.25) is 0 Å². The van der Waals surface area contributed by atoms with Gasteiger partial charge in [-0.2, -0.15) is 0 Å². The van der Waals surface area contributed by atoms with Gasteiger partial charge in [-0.3, -0.25) is 9.59 Å². The summed E-state index contributed by atoms with van der Waals surface area (Å²) in [6.07, 6.45) is 1.88. The molecule has 1 rings (SSSR count). The standard InChI is InChI=1S/C16H29N3O5.ClH/c1-3-5-12-24-16(22)19-10-8-18(9-11-19)15(21)13(17)6-7-14(20)23-4-2;/h13H,3-12,17H2,1-2H3;1H. The van der Waals surface area contributed by atoms with Crippen molar-refractivity contribution in [2.45, 2.75) is 45.6 Å². The lowest BCUT2D eigenvalue weighted by Crippen LogP contribution is -2.54. The number of amides is 2. The molecule has 1 saturated heterocycles. The van der Waals surface area contributed by atoms with Crippen LogP contribution >= 0.6 is 12.4 Å². The Labute approximate surface area is 155 Å². The van der Waals surface area contributed by atoms with Gasteiger partial charge >= 0.3 is 12.1 Å². The van der Waals surface area contributed by atoms with Crippen molar-refractivity contribution < 1.29 is 23.9 Å². The lowest BCUT2D eigenvalue weighted by Gasteiger charge is -2.35. The number of esters is 1. The molecule has 1 atom stereocenters. The molecule has 0 aliphatic carbocycles. The van der Waals surface area contributed by atoms with E-state index in [1.807, 2.05) is 6.92 Å². The van der Waals surface area contributed by atoms with E-state index in [1.165, 1.54) is 0 Å². The Bertz CT molecular complexity index is 428. The lowest BCUT2D eigenvalue weighted by molar-refractivity contribution is -0.143. The number of nitrogens with zero attached hydrogens (tertiary/aromatic N) is 2. The van der Waals surface area contributed by atoms with E-state index >= 15 is 0 Å². The van der Waals surface area contributed by atoms with E-state index in [0.29, 0.717) is 39.4 Å². The highest BCUT2D eigenvalue weighted by molar-refractivity contribution is 5.85. The predicted octanol–water partition coefficient (Wildman–Crippen LogP) is 1.16. The second-order valence-corrected chi connectivity index (χ2v) is 5.73. The first-order chi connectivity index (χ1) is 11.5. The lowest BCUT2D eigenvalue weighted by atomic mass is 10.1. The monoisotopic (exact) mass is 379 g/mol. The fourth-order valence-electron chi connectivity index (χ4n) is 2.37. The van der Waals surface area contributed by atoms with Crippen molar-refractivity contribution in [3.63, 3.8) is 0 Å². The van der Waals surface area contributed by atoms with Gasteiger partial charge < -0.3 is 25.0 Å². The number of hydrogen-bond donors (Lipinski definition) is 1. The van der Waals surface area contributed by atoms with Gasteiger partial charge in [0.15, 0.2) is 0 Å². The van der Waals surface area contributed by atoms with Gasteiger partial charge in [-0.15, -0.1) is 12.4 Å². The Hall–Kier alpha value is -1.54. The number of piperazine rings is 1. The number of carbonyl (C=O) groups excluding carboxylic acids is 3. The van der Waals surface area contributed by atoms with Gasteiger partial charge in [0.2, 0.25) is 5.91 Å². The Morgan fingerprint density at radius 1 is 1.04 bits per heavy atom. The maximum atomic E-state index is 12.3. The maximum absolute atomic E-state index is 12.3. The molecule has 0 aromatic heterocycles. The van der Waals surface area contributed by atoms with Crippen LogP contribution in [0.4, 0.5) is 4.79 Å². The summed E-state index contributed by atoms with van der Waals surface area (Å²) in [4.78, 5) is 38.7. The molecule has 8 nitrogen and oxygen atoms in total. The number of halogens is 1. The number of carbonyl (C=O) groups is 3. The van der Waals surface area contributed by atoms with Crippen molar-refractivity contribution in [3.05, 3.63) is 0 Å². The van der Waals surface area contributed by atoms with Crippen LogP contribution in [-0.2, 0) is 19.1 Å². The average Bonchev–Trinajstić information content (AvgIpc) is 2.59. The quantitative estimate of drug-likeness (QED) is 0.501. The molecular formula is C16H30ClN3O5. The van der Waals surface area contributed by atoms with Crippen LogP contribution in [0, 0.1) is 0 Å². The van der Waals surface area contributed by atoms with Crippen molar-refractivity contribution in [2.75, 3.05) is 39.4 Å². The van der Waals surface area contributed by atoms with E-state index in [2.05, 4.69) is 0 Å². The van der Waals surface area contributed by atoms with Crippen LogP contribution in [-0.4, -0.2) is 73.2 Å². The molecule has 2 amide bonds. The number of rotatable bonds is 8. The first-order valence-electron chi connectivity index (χ1n) is 8.61. The Morgan fingerprint density at radius 2 is 1.64 bits per heavy atom. The molecular weight excluding hydrogens is 350 g/mol. The maximum Gasteiger partial charge on any atom is 0.409 e. The zero-order chi connectivity index (χ0) is 17.9. The summed E-state index contributed by atoms with van der Waals surface area (Å²) < 4.78 is 9.98. The topological polar surface area (TPSA) is 102 Å². The largest absolute Gasteiger partial charge is 0.466 e. The van der Waals surface area contributed by atoms with Gasteiger partial charge in [0.05, 0.1) is 19.3 Å². The van der Waals surface area contributed by atoms with Gasteiger partial charge in [0.1, 0.15) is 0 Å². The molecule has 0 spiro atoms. The van der Waals surface area contributed by atoms with Crippen LogP contribution in [0.1, 0.15) is 39.5 Å². The van der Waals surface area contributed by atoms with E-state index in [1.54, 1.807) is 16.7 Å². The van der Waals surface area contributed by atoms with Crippen LogP contribution in [0.5, 0.6) is 0 Å². The number of hydrogen-bond acceptors (Lipinski definition) is 6. The molecule has 9 heteroatoms. The molecule has 1 aliphatic heterocycles. The Kier molecular flexibility index (Phi) is 12.0. The molecule has 0 radical (unpaired) electrons.